The van der Waals surface area contributed by atoms with E-state index in [1.165, 1.54) is 0 Å². The number of carbonyl (C=O) groups is 1. The molecule has 2 atom stereocenters. The first-order valence-corrected chi connectivity index (χ1v) is 8.16. The number of nitrogens with two attached hydrogens (primary N) is 1. The standard InChI is InChI=1S/C16H22Cl2N2O/c1-10(2)8-14(19)16(21)20-7-3-4-15(20)11-5-6-12(17)13(18)9-11/h5-6,9-10,14-15H,3-4,7-8,19H2,1-2H3/t14-,15?/m0/s1. The number of nitrogens with zero attached hydrogens (tertiary/aromatic N) is 1. The first-order valence-electron chi connectivity index (χ1n) is 7.41. The molecule has 3 nitrogen and oxygen atoms in total. The summed E-state index contributed by atoms with van der Waals surface area (Å²) in [6.45, 7) is 4.91. The molecule has 1 aliphatic rings. The fourth-order valence-corrected chi connectivity index (χ4v) is 3.22. The summed E-state index contributed by atoms with van der Waals surface area (Å²) in [7, 11) is 0. The molecule has 1 aliphatic heterocycles. The Labute approximate surface area is 136 Å². The van der Waals surface area contributed by atoms with Crippen LogP contribution in [0.4, 0.5) is 0 Å². The van der Waals surface area contributed by atoms with Crippen molar-refractivity contribution in [3.63, 3.8) is 0 Å². The Bertz CT molecular complexity index is 519. The molecule has 5 heteroatoms. The van der Waals surface area contributed by atoms with Gasteiger partial charge in [0.2, 0.25) is 5.91 Å². The van der Waals surface area contributed by atoms with Crippen LogP contribution in [0, 0.1) is 5.92 Å². The van der Waals surface area contributed by atoms with E-state index in [1.54, 1.807) is 6.07 Å². The lowest BCUT2D eigenvalue weighted by molar-refractivity contribution is -0.133. The molecule has 0 saturated carbocycles. The number of likely N-dealkylation sites (tertiary alicyclic amines) is 1. The lowest BCUT2D eigenvalue weighted by Gasteiger charge is -2.28. The Balaban J connectivity index is 2.16. The molecule has 2 N–H and O–H groups in total. The van der Waals surface area contributed by atoms with Crippen molar-refractivity contribution >= 4 is 29.1 Å². The third kappa shape index (κ3) is 3.91. The van der Waals surface area contributed by atoms with E-state index in [2.05, 4.69) is 13.8 Å². The number of rotatable bonds is 4. The van der Waals surface area contributed by atoms with Gasteiger partial charge in [0.1, 0.15) is 0 Å². The fraction of sp³-hybridized carbons (Fsp3) is 0.562. The second-order valence-corrected chi connectivity index (χ2v) is 6.91. The van der Waals surface area contributed by atoms with Gasteiger partial charge in [0.05, 0.1) is 22.1 Å². The molecule has 2 rings (SSSR count). The molecular formula is C16H22Cl2N2O. The molecule has 1 unspecified atom stereocenters. The van der Waals surface area contributed by atoms with E-state index >= 15 is 0 Å². The van der Waals surface area contributed by atoms with Crippen LogP contribution in [0.15, 0.2) is 18.2 Å². The number of benzene rings is 1. The summed E-state index contributed by atoms with van der Waals surface area (Å²) in [4.78, 5) is 14.5. The van der Waals surface area contributed by atoms with Gasteiger partial charge in [-0.2, -0.15) is 0 Å². The number of halogens is 2. The van der Waals surface area contributed by atoms with Gasteiger partial charge in [0, 0.05) is 6.54 Å². The van der Waals surface area contributed by atoms with E-state index in [4.69, 9.17) is 28.9 Å². The second-order valence-electron chi connectivity index (χ2n) is 6.10. The largest absolute Gasteiger partial charge is 0.334 e. The zero-order chi connectivity index (χ0) is 15.6. The number of hydrogen-bond donors (Lipinski definition) is 1. The third-order valence-electron chi connectivity index (χ3n) is 3.91. The van der Waals surface area contributed by atoms with E-state index in [0.717, 1.165) is 24.9 Å². The maximum Gasteiger partial charge on any atom is 0.240 e. The molecule has 1 aromatic rings. The highest BCUT2D eigenvalue weighted by atomic mass is 35.5. The molecule has 1 saturated heterocycles. The van der Waals surface area contributed by atoms with Gasteiger partial charge in [0.25, 0.3) is 0 Å². The summed E-state index contributed by atoms with van der Waals surface area (Å²) in [6.07, 6.45) is 2.65. The van der Waals surface area contributed by atoms with Crippen LogP contribution in [0.1, 0.15) is 44.7 Å². The normalized spacial score (nSPS) is 20.1. The van der Waals surface area contributed by atoms with Crippen LogP contribution in [0.2, 0.25) is 10.0 Å². The first kappa shape index (κ1) is 16.6. The van der Waals surface area contributed by atoms with Crippen LogP contribution in [0.25, 0.3) is 0 Å². The average Bonchev–Trinajstić information content (AvgIpc) is 2.89. The topological polar surface area (TPSA) is 46.3 Å². The van der Waals surface area contributed by atoms with Crippen LogP contribution in [-0.2, 0) is 4.79 Å². The quantitative estimate of drug-likeness (QED) is 0.906. The van der Waals surface area contributed by atoms with Crippen LogP contribution < -0.4 is 5.73 Å². The fourth-order valence-electron chi connectivity index (χ4n) is 2.92. The highest BCUT2D eigenvalue weighted by Crippen LogP contribution is 2.35. The summed E-state index contributed by atoms with van der Waals surface area (Å²) in [6, 6.07) is 5.22. The molecule has 0 bridgehead atoms. The number of hydrogen-bond acceptors (Lipinski definition) is 2. The summed E-state index contributed by atoms with van der Waals surface area (Å²) in [5.41, 5.74) is 7.09. The van der Waals surface area contributed by atoms with E-state index in [0.29, 0.717) is 22.4 Å². The minimum Gasteiger partial charge on any atom is -0.334 e. The maximum atomic E-state index is 12.6. The van der Waals surface area contributed by atoms with E-state index in [9.17, 15) is 4.79 Å². The Morgan fingerprint density at radius 1 is 1.38 bits per heavy atom. The van der Waals surface area contributed by atoms with Crippen molar-refractivity contribution in [3.8, 4) is 0 Å². The van der Waals surface area contributed by atoms with Crippen LogP contribution >= 0.6 is 23.2 Å². The highest BCUT2D eigenvalue weighted by molar-refractivity contribution is 6.42. The van der Waals surface area contributed by atoms with Crippen molar-refractivity contribution in [2.75, 3.05) is 6.54 Å². The molecular weight excluding hydrogens is 307 g/mol. The van der Waals surface area contributed by atoms with E-state index in [1.807, 2.05) is 17.0 Å². The smallest absolute Gasteiger partial charge is 0.240 e. The lowest BCUT2D eigenvalue weighted by atomic mass is 10.0. The monoisotopic (exact) mass is 328 g/mol. The summed E-state index contributed by atoms with van der Waals surface area (Å²) in [5, 5.41) is 1.06. The summed E-state index contributed by atoms with van der Waals surface area (Å²) in [5.74, 6) is 0.451. The molecule has 0 radical (unpaired) electrons. The first-order chi connectivity index (χ1) is 9.90. The lowest BCUT2D eigenvalue weighted by Crippen LogP contribution is -2.44. The third-order valence-corrected chi connectivity index (χ3v) is 4.65. The Morgan fingerprint density at radius 3 is 2.71 bits per heavy atom. The van der Waals surface area contributed by atoms with Gasteiger partial charge < -0.3 is 10.6 Å². The molecule has 116 valence electrons. The van der Waals surface area contributed by atoms with Gasteiger partial charge in [-0.15, -0.1) is 0 Å². The molecule has 1 heterocycles. The molecule has 1 fully saturated rings. The van der Waals surface area contributed by atoms with Crippen molar-refractivity contribution in [2.24, 2.45) is 11.7 Å². The summed E-state index contributed by atoms with van der Waals surface area (Å²) < 4.78 is 0. The second kappa shape index (κ2) is 6.99. The zero-order valence-electron chi connectivity index (χ0n) is 12.5. The van der Waals surface area contributed by atoms with Gasteiger partial charge in [-0.05, 0) is 42.9 Å². The van der Waals surface area contributed by atoms with Gasteiger partial charge in [0.15, 0.2) is 0 Å². The van der Waals surface area contributed by atoms with Gasteiger partial charge in [-0.25, -0.2) is 0 Å². The van der Waals surface area contributed by atoms with Gasteiger partial charge in [-0.1, -0.05) is 43.1 Å². The van der Waals surface area contributed by atoms with Gasteiger partial charge >= 0.3 is 0 Å². The van der Waals surface area contributed by atoms with Crippen LogP contribution in [-0.4, -0.2) is 23.4 Å². The predicted molar refractivity (Wildman–Crippen MR) is 87.6 cm³/mol. The zero-order valence-corrected chi connectivity index (χ0v) is 14.0. The molecule has 0 spiro atoms. The van der Waals surface area contributed by atoms with Crippen molar-refractivity contribution in [3.05, 3.63) is 33.8 Å². The minimum atomic E-state index is -0.423. The van der Waals surface area contributed by atoms with Crippen LogP contribution in [0.3, 0.4) is 0 Å². The predicted octanol–water partition coefficient (Wildman–Crippen LogP) is 4.03. The number of amides is 1. The van der Waals surface area contributed by atoms with Crippen LogP contribution in [0.5, 0.6) is 0 Å². The van der Waals surface area contributed by atoms with E-state index in [-0.39, 0.29) is 11.9 Å². The Morgan fingerprint density at radius 2 is 2.10 bits per heavy atom. The Kier molecular flexibility index (Phi) is 5.53. The van der Waals surface area contributed by atoms with Crippen molar-refractivity contribution < 1.29 is 4.79 Å². The highest BCUT2D eigenvalue weighted by Gasteiger charge is 2.32. The maximum absolute atomic E-state index is 12.6. The molecule has 1 amide bonds. The van der Waals surface area contributed by atoms with Crippen molar-refractivity contribution in [2.45, 2.75) is 45.2 Å². The molecule has 0 aliphatic carbocycles. The molecule has 1 aromatic carbocycles. The molecule has 0 aromatic heterocycles. The molecule has 21 heavy (non-hydrogen) atoms. The minimum absolute atomic E-state index is 0.0391. The summed E-state index contributed by atoms with van der Waals surface area (Å²) >= 11 is 12.1. The number of carbonyl (C=O) groups excluding carboxylic acids is 1. The van der Waals surface area contributed by atoms with Crippen molar-refractivity contribution in [1.29, 1.82) is 0 Å². The van der Waals surface area contributed by atoms with E-state index < -0.39 is 6.04 Å². The van der Waals surface area contributed by atoms with Crippen molar-refractivity contribution in [1.82, 2.24) is 4.90 Å². The Hall–Kier alpha value is -0.770. The van der Waals surface area contributed by atoms with Gasteiger partial charge in [-0.3, -0.25) is 4.79 Å². The average molecular weight is 329 g/mol. The SMILES string of the molecule is CC(C)C[C@H](N)C(=O)N1CCCC1c1ccc(Cl)c(Cl)c1.